The number of esters is 1. The molecule has 0 spiro atoms. The first kappa shape index (κ1) is 20.2. The summed E-state index contributed by atoms with van der Waals surface area (Å²) in [6.45, 7) is 3.70. The molecular formula is C10H12Br3NaO5. The Morgan fingerprint density at radius 2 is 1.79 bits per heavy atom. The summed E-state index contributed by atoms with van der Waals surface area (Å²) >= 11 is 9.69. The second-order valence-corrected chi connectivity index (χ2v) is 11.6. The summed E-state index contributed by atoms with van der Waals surface area (Å²) in [5.74, 6) is -1.12. The first-order valence-corrected chi connectivity index (χ1v) is 7.43. The van der Waals surface area contributed by atoms with Crippen LogP contribution in [0.25, 0.3) is 0 Å². The fraction of sp³-hybridized carbons (Fsp3) is 0.800. The molecule has 0 N–H and O–H groups in total. The number of halogens is 3. The van der Waals surface area contributed by atoms with Crippen LogP contribution in [-0.4, -0.2) is 27.5 Å². The number of alkyl halides is 3. The van der Waals surface area contributed by atoms with Crippen LogP contribution >= 0.6 is 47.8 Å². The van der Waals surface area contributed by atoms with Gasteiger partial charge in [0.2, 0.25) is 0 Å². The first-order valence-electron chi connectivity index (χ1n) is 5.05. The van der Waals surface area contributed by atoms with Gasteiger partial charge in [0.05, 0.1) is 19.1 Å². The number of hydrogen-bond donors (Lipinski definition) is 0. The molecule has 1 fully saturated rings. The molecule has 0 saturated heterocycles. The van der Waals surface area contributed by atoms with Crippen molar-refractivity contribution < 1.29 is 53.7 Å². The summed E-state index contributed by atoms with van der Waals surface area (Å²) in [6, 6.07) is 0. The summed E-state index contributed by atoms with van der Waals surface area (Å²) < 4.78 is 8.50. The Morgan fingerprint density at radius 3 is 2.11 bits per heavy atom. The van der Waals surface area contributed by atoms with E-state index in [1.807, 2.05) is 13.8 Å². The van der Waals surface area contributed by atoms with Crippen LogP contribution in [-0.2, 0) is 14.3 Å². The van der Waals surface area contributed by atoms with E-state index >= 15 is 0 Å². The van der Waals surface area contributed by atoms with E-state index in [-0.39, 0.29) is 41.4 Å². The van der Waals surface area contributed by atoms with Gasteiger partial charge in [-0.1, -0.05) is 61.6 Å². The van der Waals surface area contributed by atoms with E-state index in [1.165, 1.54) is 7.11 Å². The molecule has 9 heteroatoms. The SMILES string of the molecule is COC(=O)C1C(C(OC(=O)[O-])C(Br)(Br)Br)C1(C)C.[Na+]. The molecule has 0 amide bonds. The van der Waals surface area contributed by atoms with Gasteiger partial charge in [0.1, 0.15) is 0 Å². The van der Waals surface area contributed by atoms with Crippen molar-refractivity contribution in [3.05, 3.63) is 0 Å². The summed E-state index contributed by atoms with van der Waals surface area (Å²) in [6.07, 6.45) is -2.48. The number of carbonyl (C=O) groups excluding carboxylic acids is 2. The number of hydrogen-bond acceptors (Lipinski definition) is 5. The molecular weight excluding hydrogens is 463 g/mol. The van der Waals surface area contributed by atoms with Crippen LogP contribution in [0.5, 0.6) is 0 Å². The standard InChI is InChI=1S/C10H13Br3O5.Na/c1-9(2)4(5(9)7(14)17-3)6(10(11,12)13)18-8(15)16;/h4-6H,1-3H3,(H,15,16);/q;+1/p-1. The molecule has 0 bridgehead atoms. The summed E-state index contributed by atoms with van der Waals surface area (Å²) in [4.78, 5) is 22.3. The number of methoxy groups -OCH3 is 1. The molecule has 1 rings (SSSR count). The summed E-state index contributed by atoms with van der Waals surface area (Å²) in [7, 11) is 1.30. The maximum Gasteiger partial charge on any atom is 1.00 e. The molecule has 0 aromatic rings. The molecule has 3 unspecified atom stereocenters. The Balaban J connectivity index is 0.00000324. The second-order valence-electron chi connectivity index (χ2n) is 4.68. The van der Waals surface area contributed by atoms with Gasteiger partial charge in [-0.3, -0.25) is 4.79 Å². The van der Waals surface area contributed by atoms with E-state index < -0.39 is 25.7 Å². The van der Waals surface area contributed by atoms with Gasteiger partial charge >= 0.3 is 35.5 Å². The fourth-order valence-electron chi connectivity index (χ4n) is 2.27. The molecule has 0 radical (unpaired) electrons. The predicted octanol–water partition coefficient (Wildman–Crippen LogP) is -0.997. The van der Waals surface area contributed by atoms with E-state index in [4.69, 9.17) is 9.47 Å². The van der Waals surface area contributed by atoms with Gasteiger partial charge in [0.15, 0.2) is 2.14 Å². The third-order valence-electron chi connectivity index (χ3n) is 3.24. The van der Waals surface area contributed by atoms with Gasteiger partial charge in [-0.15, -0.1) is 0 Å². The Bertz CT molecular complexity index is 369. The first-order chi connectivity index (χ1) is 8.03. The Hall–Kier alpha value is 1.18. The predicted molar refractivity (Wildman–Crippen MR) is 72.6 cm³/mol. The topological polar surface area (TPSA) is 75.7 Å². The average molecular weight is 475 g/mol. The van der Waals surface area contributed by atoms with Crippen LogP contribution in [0.4, 0.5) is 4.79 Å². The fourth-order valence-corrected chi connectivity index (χ4v) is 3.40. The van der Waals surface area contributed by atoms with Crippen molar-refractivity contribution in [2.45, 2.75) is 22.1 Å². The summed E-state index contributed by atoms with van der Waals surface area (Å²) in [5, 5.41) is 10.6. The molecule has 3 atom stereocenters. The molecule has 0 aliphatic heterocycles. The van der Waals surface area contributed by atoms with Crippen LogP contribution in [0.2, 0.25) is 0 Å². The molecule has 1 aliphatic carbocycles. The normalized spacial score (nSPS) is 25.8. The van der Waals surface area contributed by atoms with E-state index in [0.29, 0.717) is 0 Å². The molecule has 0 aromatic carbocycles. The quantitative estimate of drug-likeness (QED) is 0.298. The Kier molecular flexibility index (Phi) is 7.39. The second kappa shape index (κ2) is 6.96. The van der Waals surface area contributed by atoms with Gasteiger partial charge in [-0.25, -0.2) is 0 Å². The monoisotopic (exact) mass is 472 g/mol. The number of carbonyl (C=O) groups is 2. The third kappa shape index (κ3) is 4.57. The smallest absolute Gasteiger partial charge is 0.543 e. The van der Waals surface area contributed by atoms with Crippen LogP contribution in [0, 0.1) is 17.3 Å². The van der Waals surface area contributed by atoms with Crippen molar-refractivity contribution in [3.8, 4) is 0 Å². The van der Waals surface area contributed by atoms with Crippen molar-refractivity contribution in [1.82, 2.24) is 0 Å². The minimum Gasteiger partial charge on any atom is -0.543 e. The van der Waals surface area contributed by atoms with Crippen LogP contribution < -0.4 is 34.7 Å². The van der Waals surface area contributed by atoms with Gasteiger partial charge < -0.3 is 19.4 Å². The molecule has 0 heterocycles. The minimum atomic E-state index is -1.64. The van der Waals surface area contributed by atoms with Gasteiger partial charge in [0, 0.05) is 5.92 Å². The number of ether oxygens (including phenoxy) is 2. The zero-order valence-electron chi connectivity index (χ0n) is 10.9. The van der Waals surface area contributed by atoms with Gasteiger partial charge in [-0.05, 0) is 5.41 Å². The maximum absolute atomic E-state index is 11.6. The van der Waals surface area contributed by atoms with Gasteiger partial charge in [0.25, 0.3) is 6.16 Å². The molecule has 1 aliphatic rings. The van der Waals surface area contributed by atoms with Crippen molar-refractivity contribution in [1.29, 1.82) is 0 Å². The number of carboxylic acid groups (broad SMARTS) is 1. The summed E-state index contributed by atoms with van der Waals surface area (Å²) in [5.41, 5.74) is -0.409. The molecule has 5 nitrogen and oxygen atoms in total. The third-order valence-corrected chi connectivity index (χ3v) is 4.59. The van der Waals surface area contributed by atoms with E-state index in [9.17, 15) is 14.7 Å². The molecule has 19 heavy (non-hydrogen) atoms. The largest absolute Gasteiger partial charge is 1.00 e. The minimum absolute atomic E-state index is 0. The van der Waals surface area contributed by atoms with Crippen molar-refractivity contribution >= 4 is 59.9 Å². The van der Waals surface area contributed by atoms with Crippen molar-refractivity contribution in [3.63, 3.8) is 0 Å². The van der Waals surface area contributed by atoms with Crippen LogP contribution in [0.1, 0.15) is 13.8 Å². The molecule has 0 aromatic heterocycles. The maximum atomic E-state index is 11.6. The van der Waals surface area contributed by atoms with Crippen molar-refractivity contribution in [2.75, 3.05) is 7.11 Å². The molecule has 1 saturated carbocycles. The van der Waals surface area contributed by atoms with E-state index in [0.717, 1.165) is 0 Å². The van der Waals surface area contributed by atoms with Crippen LogP contribution in [0.3, 0.4) is 0 Å². The van der Waals surface area contributed by atoms with Gasteiger partial charge in [-0.2, -0.15) is 0 Å². The molecule has 104 valence electrons. The zero-order valence-corrected chi connectivity index (χ0v) is 17.7. The zero-order chi connectivity index (χ0) is 14.3. The van der Waals surface area contributed by atoms with E-state index in [1.54, 1.807) is 0 Å². The van der Waals surface area contributed by atoms with E-state index in [2.05, 4.69) is 47.8 Å². The average Bonchev–Trinajstić information content (AvgIpc) is 2.74. The Labute approximate surface area is 158 Å². The van der Waals surface area contributed by atoms with Crippen molar-refractivity contribution in [2.24, 2.45) is 17.3 Å². The number of rotatable bonds is 3. The Morgan fingerprint density at radius 1 is 1.32 bits per heavy atom. The van der Waals surface area contributed by atoms with Crippen LogP contribution in [0.15, 0.2) is 0 Å².